The van der Waals surface area contributed by atoms with Crippen LogP contribution in [0.2, 0.25) is 5.02 Å². The normalized spacial score (nSPS) is 11.6. The highest BCUT2D eigenvalue weighted by molar-refractivity contribution is 9.10. The van der Waals surface area contributed by atoms with E-state index >= 15 is 0 Å². The second-order valence-electron chi connectivity index (χ2n) is 5.12. The standard InChI is InChI=1S/C17H16BrClN2O3/c1-24-17(23)15(8-10-2-4-11(18)5-3-10)21-16(22)13-9-12(20)6-7-14(13)19/h2-7,9,15H,8,20H2,1H3,(H,21,22)/t15-/m0/s1. The number of methoxy groups -OCH3 is 1. The lowest BCUT2D eigenvalue weighted by Crippen LogP contribution is -2.43. The second-order valence-corrected chi connectivity index (χ2v) is 6.44. The number of nitrogens with two attached hydrogens (primary N) is 1. The van der Waals surface area contributed by atoms with Gasteiger partial charge in [-0.2, -0.15) is 0 Å². The van der Waals surface area contributed by atoms with Gasteiger partial charge in [0.05, 0.1) is 17.7 Å². The first-order valence-corrected chi connectivity index (χ1v) is 8.26. The SMILES string of the molecule is COC(=O)[C@H](Cc1ccc(Br)cc1)NC(=O)c1cc(N)ccc1Cl. The fourth-order valence-electron chi connectivity index (χ4n) is 2.14. The summed E-state index contributed by atoms with van der Waals surface area (Å²) in [6, 6.07) is 11.2. The van der Waals surface area contributed by atoms with Crippen LogP contribution in [0.4, 0.5) is 5.69 Å². The Labute approximate surface area is 153 Å². The van der Waals surface area contributed by atoms with Crippen molar-refractivity contribution in [3.05, 3.63) is 63.1 Å². The Bertz CT molecular complexity index is 750. The summed E-state index contributed by atoms with van der Waals surface area (Å²) in [6.45, 7) is 0. The smallest absolute Gasteiger partial charge is 0.328 e. The third-order valence-corrected chi connectivity index (χ3v) is 4.24. The molecular weight excluding hydrogens is 396 g/mol. The van der Waals surface area contributed by atoms with Crippen LogP contribution in [0.15, 0.2) is 46.9 Å². The maximum absolute atomic E-state index is 12.4. The first kappa shape index (κ1) is 18.3. The van der Waals surface area contributed by atoms with Crippen molar-refractivity contribution in [3.63, 3.8) is 0 Å². The summed E-state index contributed by atoms with van der Waals surface area (Å²) in [4.78, 5) is 24.4. The van der Waals surface area contributed by atoms with Gasteiger partial charge in [0.25, 0.3) is 5.91 Å². The minimum Gasteiger partial charge on any atom is -0.467 e. The number of anilines is 1. The van der Waals surface area contributed by atoms with Crippen LogP contribution in [0, 0.1) is 0 Å². The van der Waals surface area contributed by atoms with E-state index in [1.165, 1.54) is 19.2 Å². The Kier molecular flexibility index (Phi) is 6.23. The van der Waals surface area contributed by atoms with Gasteiger partial charge in [0.2, 0.25) is 0 Å². The van der Waals surface area contributed by atoms with Crippen LogP contribution in [-0.4, -0.2) is 25.0 Å². The fourth-order valence-corrected chi connectivity index (χ4v) is 2.61. The summed E-state index contributed by atoms with van der Waals surface area (Å²) < 4.78 is 5.71. The van der Waals surface area contributed by atoms with Crippen molar-refractivity contribution in [2.24, 2.45) is 0 Å². The quantitative estimate of drug-likeness (QED) is 0.585. The molecule has 24 heavy (non-hydrogen) atoms. The van der Waals surface area contributed by atoms with Gasteiger partial charge in [0, 0.05) is 16.6 Å². The van der Waals surface area contributed by atoms with E-state index in [0.29, 0.717) is 12.1 Å². The van der Waals surface area contributed by atoms with Crippen molar-refractivity contribution in [1.82, 2.24) is 5.32 Å². The number of halogens is 2. The topological polar surface area (TPSA) is 81.4 Å². The van der Waals surface area contributed by atoms with E-state index in [4.69, 9.17) is 22.1 Å². The fraction of sp³-hybridized carbons (Fsp3) is 0.176. The van der Waals surface area contributed by atoms with Crippen molar-refractivity contribution in [2.45, 2.75) is 12.5 Å². The van der Waals surface area contributed by atoms with Gasteiger partial charge in [0.15, 0.2) is 0 Å². The maximum atomic E-state index is 12.4. The number of benzene rings is 2. The Balaban J connectivity index is 2.19. The predicted molar refractivity (Wildman–Crippen MR) is 97.0 cm³/mol. The summed E-state index contributed by atoms with van der Waals surface area (Å²) in [7, 11) is 1.27. The number of carbonyl (C=O) groups is 2. The molecular formula is C17H16BrClN2O3. The summed E-state index contributed by atoms with van der Waals surface area (Å²) >= 11 is 9.38. The van der Waals surface area contributed by atoms with Crippen LogP contribution in [0.1, 0.15) is 15.9 Å². The summed E-state index contributed by atoms with van der Waals surface area (Å²) in [5.74, 6) is -1.02. The van der Waals surface area contributed by atoms with Crippen molar-refractivity contribution in [2.75, 3.05) is 12.8 Å². The van der Waals surface area contributed by atoms with Crippen molar-refractivity contribution in [1.29, 1.82) is 0 Å². The lowest BCUT2D eigenvalue weighted by molar-refractivity contribution is -0.142. The summed E-state index contributed by atoms with van der Waals surface area (Å²) in [6.07, 6.45) is 0.297. The molecule has 0 bridgehead atoms. The number of nitrogen functional groups attached to an aromatic ring is 1. The van der Waals surface area contributed by atoms with E-state index in [2.05, 4.69) is 21.2 Å². The number of rotatable bonds is 5. The van der Waals surface area contributed by atoms with Crippen LogP contribution in [-0.2, 0) is 16.0 Å². The zero-order valence-electron chi connectivity index (χ0n) is 12.9. The van der Waals surface area contributed by atoms with Crippen LogP contribution >= 0.6 is 27.5 Å². The zero-order valence-corrected chi connectivity index (χ0v) is 15.2. The van der Waals surface area contributed by atoms with Crippen molar-refractivity contribution >= 4 is 45.1 Å². The number of hydrogen-bond acceptors (Lipinski definition) is 4. The van der Waals surface area contributed by atoms with E-state index in [1.54, 1.807) is 6.07 Å². The van der Waals surface area contributed by atoms with Gasteiger partial charge in [-0.05, 0) is 35.9 Å². The highest BCUT2D eigenvalue weighted by Crippen LogP contribution is 2.19. The maximum Gasteiger partial charge on any atom is 0.328 e. The van der Waals surface area contributed by atoms with Gasteiger partial charge in [-0.25, -0.2) is 4.79 Å². The van der Waals surface area contributed by atoms with E-state index in [-0.39, 0.29) is 10.6 Å². The molecule has 0 aliphatic heterocycles. The van der Waals surface area contributed by atoms with Crippen LogP contribution in [0.3, 0.4) is 0 Å². The highest BCUT2D eigenvalue weighted by Gasteiger charge is 2.23. The van der Waals surface area contributed by atoms with Gasteiger partial charge in [-0.3, -0.25) is 4.79 Å². The number of amides is 1. The Morgan fingerprint density at radius 1 is 1.25 bits per heavy atom. The summed E-state index contributed by atoms with van der Waals surface area (Å²) in [5.41, 5.74) is 7.19. The molecule has 0 aliphatic rings. The van der Waals surface area contributed by atoms with Crippen LogP contribution in [0.25, 0.3) is 0 Å². The third-order valence-electron chi connectivity index (χ3n) is 3.38. The molecule has 1 atom stereocenters. The molecule has 7 heteroatoms. The van der Waals surface area contributed by atoms with Gasteiger partial charge in [-0.1, -0.05) is 39.7 Å². The van der Waals surface area contributed by atoms with Crippen molar-refractivity contribution < 1.29 is 14.3 Å². The Morgan fingerprint density at radius 3 is 2.54 bits per heavy atom. The molecule has 0 heterocycles. The van der Waals surface area contributed by atoms with E-state index in [9.17, 15) is 9.59 Å². The number of hydrogen-bond donors (Lipinski definition) is 2. The first-order valence-electron chi connectivity index (χ1n) is 7.09. The third kappa shape index (κ3) is 4.72. The molecule has 0 aromatic heterocycles. The molecule has 2 rings (SSSR count). The number of esters is 1. The monoisotopic (exact) mass is 410 g/mol. The lowest BCUT2D eigenvalue weighted by atomic mass is 10.1. The number of nitrogens with one attached hydrogen (secondary N) is 1. The van der Waals surface area contributed by atoms with Crippen LogP contribution < -0.4 is 11.1 Å². The van der Waals surface area contributed by atoms with Gasteiger partial charge in [0.1, 0.15) is 6.04 Å². The molecule has 2 aromatic carbocycles. The minimum atomic E-state index is -0.832. The van der Waals surface area contributed by atoms with E-state index in [0.717, 1.165) is 10.0 Å². The number of ether oxygens (including phenoxy) is 1. The molecule has 0 aliphatic carbocycles. The molecule has 0 fully saturated rings. The minimum absolute atomic E-state index is 0.210. The molecule has 3 N–H and O–H groups in total. The van der Waals surface area contributed by atoms with Gasteiger partial charge < -0.3 is 15.8 Å². The first-order chi connectivity index (χ1) is 11.4. The Morgan fingerprint density at radius 2 is 1.92 bits per heavy atom. The molecule has 126 valence electrons. The lowest BCUT2D eigenvalue weighted by Gasteiger charge is -2.17. The molecule has 0 saturated carbocycles. The largest absolute Gasteiger partial charge is 0.467 e. The number of carbonyl (C=O) groups excluding carboxylic acids is 2. The molecule has 2 aromatic rings. The van der Waals surface area contributed by atoms with Gasteiger partial charge in [-0.15, -0.1) is 0 Å². The molecule has 0 unspecified atom stereocenters. The Hall–Kier alpha value is -2.05. The highest BCUT2D eigenvalue weighted by atomic mass is 79.9. The van der Waals surface area contributed by atoms with Gasteiger partial charge >= 0.3 is 5.97 Å². The van der Waals surface area contributed by atoms with E-state index in [1.807, 2.05) is 24.3 Å². The van der Waals surface area contributed by atoms with Crippen molar-refractivity contribution in [3.8, 4) is 0 Å². The second kappa shape index (κ2) is 8.17. The summed E-state index contributed by atoms with van der Waals surface area (Å²) in [5, 5.41) is 2.91. The van der Waals surface area contributed by atoms with Crippen LogP contribution in [0.5, 0.6) is 0 Å². The molecule has 0 spiro atoms. The average Bonchev–Trinajstić information content (AvgIpc) is 2.57. The average molecular weight is 412 g/mol. The predicted octanol–water partition coefficient (Wildman–Crippen LogP) is 3.20. The molecule has 1 amide bonds. The zero-order chi connectivity index (χ0) is 17.7. The molecule has 0 radical (unpaired) electrons. The van der Waals surface area contributed by atoms with E-state index < -0.39 is 17.9 Å². The molecule has 5 nitrogen and oxygen atoms in total. The molecule has 0 saturated heterocycles.